The van der Waals surface area contributed by atoms with Gasteiger partial charge in [0.2, 0.25) is 23.6 Å². The fourth-order valence-corrected chi connectivity index (χ4v) is 10.5. The first-order chi connectivity index (χ1) is 24.0. The van der Waals surface area contributed by atoms with Crippen LogP contribution in [0.5, 0.6) is 5.75 Å². The number of halogens is 1. The molecule has 12 heteroatoms. The number of anilines is 1. The van der Waals surface area contributed by atoms with Crippen molar-refractivity contribution in [3.8, 4) is 16.3 Å². The number of hydrogen-bond acceptors (Lipinski definition) is 8. The number of carbonyl (C=O) groups is 4. The third-order valence-electron chi connectivity index (χ3n) is 11.5. The first-order valence-electron chi connectivity index (χ1n) is 17.0. The van der Waals surface area contributed by atoms with E-state index in [1.807, 2.05) is 56.3 Å². The van der Waals surface area contributed by atoms with Gasteiger partial charge in [-0.15, -0.1) is 11.3 Å². The quantitative estimate of drug-likeness (QED) is 0.188. The molecular formula is C38H37ClN4O6S. The highest BCUT2D eigenvalue weighted by atomic mass is 35.5. The lowest BCUT2D eigenvalue weighted by molar-refractivity contribution is -0.140. The molecule has 50 heavy (non-hydrogen) atoms. The summed E-state index contributed by atoms with van der Waals surface area (Å²) in [5, 5.41) is 16.1. The third-order valence-corrected chi connectivity index (χ3v) is 13.0. The predicted molar refractivity (Wildman–Crippen MR) is 190 cm³/mol. The topological polar surface area (TPSA) is 122 Å². The molecule has 3 fully saturated rings. The summed E-state index contributed by atoms with van der Waals surface area (Å²) in [7, 11) is 1.73. The molecule has 4 aliphatic rings. The van der Waals surface area contributed by atoms with Gasteiger partial charge in [-0.1, -0.05) is 41.4 Å². The Hall–Kier alpha value is -4.32. The van der Waals surface area contributed by atoms with Gasteiger partial charge in [0.25, 0.3) is 0 Å². The average Bonchev–Trinajstić information content (AvgIpc) is 3.77. The second-order valence-corrected chi connectivity index (χ2v) is 15.4. The van der Waals surface area contributed by atoms with Crippen molar-refractivity contribution in [1.82, 2.24) is 14.7 Å². The highest BCUT2D eigenvalue weighted by molar-refractivity contribution is 7.22. The molecule has 1 N–H and O–H groups in total. The molecule has 2 aromatic heterocycles. The van der Waals surface area contributed by atoms with Crippen LogP contribution in [0.4, 0.5) is 5.82 Å². The van der Waals surface area contributed by atoms with Gasteiger partial charge in [0.15, 0.2) is 0 Å². The van der Waals surface area contributed by atoms with Gasteiger partial charge in [-0.3, -0.25) is 28.8 Å². The summed E-state index contributed by atoms with van der Waals surface area (Å²) in [6.45, 7) is 5.80. The van der Waals surface area contributed by atoms with Gasteiger partial charge in [0, 0.05) is 40.9 Å². The molecule has 2 aliphatic heterocycles. The van der Waals surface area contributed by atoms with Crippen LogP contribution in [0.15, 0.2) is 60.2 Å². The molecule has 8 rings (SSSR count). The number of aliphatic hydroxyl groups is 1. The number of allylic oxidation sites excluding steroid dienone is 2. The van der Waals surface area contributed by atoms with E-state index in [1.165, 1.54) is 9.80 Å². The molecule has 0 bridgehead atoms. The first-order valence-corrected chi connectivity index (χ1v) is 18.2. The van der Waals surface area contributed by atoms with E-state index in [2.05, 4.69) is 0 Å². The van der Waals surface area contributed by atoms with E-state index in [4.69, 9.17) is 21.4 Å². The molecule has 2 aliphatic carbocycles. The van der Waals surface area contributed by atoms with Gasteiger partial charge in [0.1, 0.15) is 23.9 Å². The van der Waals surface area contributed by atoms with Crippen LogP contribution in [0.1, 0.15) is 43.7 Å². The molecule has 0 radical (unpaired) electrons. The number of aryl methyl sites for hydroxylation is 2. The van der Waals surface area contributed by atoms with Crippen molar-refractivity contribution in [2.75, 3.05) is 24.7 Å². The lowest BCUT2D eigenvalue weighted by atomic mass is 9.51. The van der Waals surface area contributed by atoms with E-state index in [9.17, 15) is 19.5 Å². The van der Waals surface area contributed by atoms with E-state index < -0.39 is 35.0 Å². The lowest BCUT2D eigenvalue weighted by Gasteiger charge is -2.49. The van der Waals surface area contributed by atoms with Crippen molar-refractivity contribution in [3.05, 3.63) is 76.3 Å². The molecule has 258 valence electrons. The SMILES string of the molecule is CCN1C(=O)C2CC=C3C(CC4C(=O)N(c5cc(-c6sc7ccc(Cl)cc7c6C)nn5C)C(=O)C4(C)C3c3ccccc3OCCO)C2C1=O. The lowest BCUT2D eigenvalue weighted by Crippen LogP contribution is -2.49. The maximum Gasteiger partial charge on any atom is 0.242 e. The number of ether oxygens (including phenoxy) is 1. The van der Waals surface area contributed by atoms with Crippen molar-refractivity contribution in [2.45, 2.75) is 39.5 Å². The maximum absolute atomic E-state index is 15.1. The molecule has 4 heterocycles. The van der Waals surface area contributed by atoms with Crippen molar-refractivity contribution < 1.29 is 29.0 Å². The number of carbonyl (C=O) groups excluding carboxylic acids is 4. The summed E-state index contributed by atoms with van der Waals surface area (Å²) < 4.78 is 8.66. The van der Waals surface area contributed by atoms with Crippen LogP contribution < -0.4 is 9.64 Å². The Kier molecular flexibility index (Phi) is 7.81. The van der Waals surface area contributed by atoms with Crippen LogP contribution in [0.25, 0.3) is 20.7 Å². The predicted octanol–water partition coefficient (Wildman–Crippen LogP) is 5.89. The highest BCUT2D eigenvalue weighted by Gasteiger charge is 2.68. The maximum atomic E-state index is 15.1. The number of rotatable bonds is 7. The minimum Gasteiger partial charge on any atom is -0.491 e. The fraction of sp³-hybridized carbons (Fsp3) is 0.395. The van der Waals surface area contributed by atoms with Crippen LogP contribution in [0.2, 0.25) is 5.02 Å². The number of aliphatic hydroxyl groups excluding tert-OH is 1. The zero-order chi connectivity index (χ0) is 35.2. The zero-order valence-electron chi connectivity index (χ0n) is 28.2. The number of amides is 4. The van der Waals surface area contributed by atoms with E-state index in [-0.39, 0.29) is 49.8 Å². The van der Waals surface area contributed by atoms with Gasteiger partial charge >= 0.3 is 0 Å². The van der Waals surface area contributed by atoms with E-state index in [0.29, 0.717) is 34.3 Å². The molecule has 6 unspecified atom stereocenters. The molecular weight excluding hydrogens is 676 g/mol. The van der Waals surface area contributed by atoms with Crippen LogP contribution in [0.3, 0.4) is 0 Å². The van der Waals surface area contributed by atoms with Gasteiger partial charge in [-0.25, -0.2) is 4.90 Å². The number of fused-ring (bicyclic) bond motifs is 5. The number of para-hydroxylation sites is 1. The summed E-state index contributed by atoms with van der Waals surface area (Å²) >= 11 is 7.88. The summed E-state index contributed by atoms with van der Waals surface area (Å²) in [6, 6.07) is 14.9. The summed E-state index contributed by atoms with van der Waals surface area (Å²) in [5.41, 5.74) is 2.01. The van der Waals surface area contributed by atoms with E-state index in [1.54, 1.807) is 42.1 Å². The second-order valence-electron chi connectivity index (χ2n) is 13.9. The molecule has 2 aromatic carbocycles. The first kappa shape index (κ1) is 32.9. The number of thiophene rings is 1. The summed E-state index contributed by atoms with van der Waals surface area (Å²) in [5.74, 6) is -3.14. The molecule has 4 amide bonds. The Balaban J connectivity index is 1.26. The molecule has 10 nitrogen and oxygen atoms in total. The third kappa shape index (κ3) is 4.52. The van der Waals surface area contributed by atoms with Crippen molar-refractivity contribution in [1.29, 1.82) is 0 Å². The largest absolute Gasteiger partial charge is 0.491 e. The Morgan fingerprint density at radius 3 is 2.60 bits per heavy atom. The Morgan fingerprint density at radius 1 is 1.06 bits per heavy atom. The fourth-order valence-electron chi connectivity index (χ4n) is 9.18. The van der Waals surface area contributed by atoms with Crippen LogP contribution >= 0.6 is 22.9 Å². The molecule has 6 atom stereocenters. The molecule has 1 saturated carbocycles. The number of aromatic nitrogens is 2. The number of benzene rings is 2. The minimum atomic E-state index is -1.24. The zero-order valence-corrected chi connectivity index (χ0v) is 29.8. The number of likely N-dealkylation sites (tertiary alicyclic amines) is 1. The van der Waals surface area contributed by atoms with Gasteiger partial charge in [-0.2, -0.15) is 5.10 Å². The highest BCUT2D eigenvalue weighted by Crippen LogP contribution is 2.64. The standard InChI is InChI=1S/C38H37ClN4O6S/c1-5-42-34(45)23-12-11-21-25(31(23)36(42)47)17-26-35(46)43(37(48)38(26,3)32(21)22-8-6-7-9-28(22)49-15-14-44)30-18-27(40-41(30)4)33-19(2)24-16-20(39)10-13-29(24)50-33/h6-11,13,16,18,23,25-26,31-32,44H,5,12,14-15,17H2,1-4H3. The van der Waals surface area contributed by atoms with Gasteiger partial charge in [-0.05, 0) is 74.7 Å². The Bertz CT molecular complexity index is 2160. The normalized spacial score (nSPS) is 27.6. The van der Waals surface area contributed by atoms with Crippen molar-refractivity contribution in [2.24, 2.45) is 36.1 Å². The second kappa shape index (κ2) is 11.9. The summed E-state index contributed by atoms with van der Waals surface area (Å²) in [4.78, 5) is 60.6. The van der Waals surface area contributed by atoms with Crippen LogP contribution in [-0.2, 0) is 26.2 Å². The monoisotopic (exact) mass is 712 g/mol. The van der Waals surface area contributed by atoms with E-state index in [0.717, 1.165) is 26.1 Å². The number of nitrogens with zero attached hydrogens (tertiary/aromatic N) is 4. The molecule has 2 saturated heterocycles. The molecule has 0 spiro atoms. The summed E-state index contributed by atoms with van der Waals surface area (Å²) in [6.07, 6.45) is 2.67. The Labute approximate surface area is 298 Å². The van der Waals surface area contributed by atoms with Crippen molar-refractivity contribution in [3.63, 3.8) is 0 Å². The van der Waals surface area contributed by atoms with E-state index >= 15 is 4.79 Å². The number of imide groups is 2. The minimum absolute atomic E-state index is 0.0512. The smallest absolute Gasteiger partial charge is 0.242 e. The average molecular weight is 713 g/mol. The molecule has 4 aromatic rings. The number of hydrogen-bond donors (Lipinski definition) is 1. The van der Waals surface area contributed by atoms with Gasteiger partial charge < -0.3 is 9.84 Å². The van der Waals surface area contributed by atoms with Crippen LogP contribution in [-0.4, -0.2) is 63.2 Å². The van der Waals surface area contributed by atoms with Crippen molar-refractivity contribution >= 4 is 62.5 Å². The van der Waals surface area contributed by atoms with Crippen LogP contribution in [0, 0.1) is 36.0 Å². The Morgan fingerprint density at radius 2 is 1.84 bits per heavy atom. The van der Waals surface area contributed by atoms with Gasteiger partial charge in [0.05, 0.1) is 34.7 Å².